The van der Waals surface area contributed by atoms with Crippen molar-refractivity contribution < 1.29 is 9.53 Å². The van der Waals surface area contributed by atoms with E-state index < -0.39 is 0 Å². The summed E-state index contributed by atoms with van der Waals surface area (Å²) in [5, 5.41) is 14.1. The zero-order chi connectivity index (χ0) is 20.1. The molecule has 1 aromatic heterocycles. The summed E-state index contributed by atoms with van der Waals surface area (Å²) in [6, 6.07) is 7.28. The number of morpholine rings is 1. The highest BCUT2D eigenvalue weighted by atomic mass is 16.5. The van der Waals surface area contributed by atoms with Gasteiger partial charge in [0.25, 0.3) is 0 Å². The van der Waals surface area contributed by atoms with E-state index in [2.05, 4.69) is 27.2 Å². The summed E-state index contributed by atoms with van der Waals surface area (Å²) in [6.07, 6.45) is 1.60. The SMILES string of the molecule is C=C(NC(C)=O)Nc1ncc(-c2ccc(N)cc2)nc1C(=N)N1CCOCC1. The van der Waals surface area contributed by atoms with Crippen molar-refractivity contribution in [3.63, 3.8) is 0 Å². The third-order valence-electron chi connectivity index (χ3n) is 4.13. The Labute approximate surface area is 163 Å². The number of carbonyl (C=O) groups is 1. The van der Waals surface area contributed by atoms with E-state index >= 15 is 0 Å². The average Bonchev–Trinajstić information content (AvgIpc) is 2.68. The van der Waals surface area contributed by atoms with E-state index in [1.165, 1.54) is 6.92 Å². The average molecular weight is 381 g/mol. The quantitative estimate of drug-likeness (QED) is 0.350. The first-order valence-corrected chi connectivity index (χ1v) is 8.82. The number of rotatable bonds is 5. The normalized spacial score (nSPS) is 13.7. The van der Waals surface area contributed by atoms with E-state index in [9.17, 15) is 4.79 Å². The van der Waals surface area contributed by atoms with Crippen molar-refractivity contribution in [2.75, 3.05) is 37.4 Å². The maximum absolute atomic E-state index is 11.3. The Morgan fingerprint density at radius 3 is 2.61 bits per heavy atom. The Bertz CT molecular complexity index is 890. The molecule has 5 N–H and O–H groups in total. The second-order valence-electron chi connectivity index (χ2n) is 6.31. The Morgan fingerprint density at radius 1 is 1.29 bits per heavy atom. The minimum Gasteiger partial charge on any atom is -0.399 e. The van der Waals surface area contributed by atoms with Gasteiger partial charge in [0, 0.05) is 31.3 Å². The zero-order valence-corrected chi connectivity index (χ0v) is 15.7. The smallest absolute Gasteiger partial charge is 0.222 e. The van der Waals surface area contributed by atoms with Crippen molar-refractivity contribution >= 4 is 23.2 Å². The summed E-state index contributed by atoms with van der Waals surface area (Å²) in [7, 11) is 0. The van der Waals surface area contributed by atoms with Crippen molar-refractivity contribution in [3.05, 3.63) is 48.6 Å². The van der Waals surface area contributed by atoms with Crippen LogP contribution >= 0.6 is 0 Å². The second-order valence-corrected chi connectivity index (χ2v) is 6.31. The summed E-state index contributed by atoms with van der Waals surface area (Å²) in [5.41, 5.74) is 8.23. The zero-order valence-electron chi connectivity index (χ0n) is 15.7. The maximum Gasteiger partial charge on any atom is 0.222 e. The number of benzene rings is 1. The molecule has 0 unspecified atom stereocenters. The lowest BCUT2D eigenvalue weighted by atomic mass is 10.1. The molecule has 1 amide bonds. The minimum atomic E-state index is -0.256. The highest BCUT2D eigenvalue weighted by Gasteiger charge is 2.21. The molecule has 0 radical (unpaired) electrons. The van der Waals surface area contributed by atoms with Crippen molar-refractivity contribution in [1.29, 1.82) is 5.41 Å². The van der Waals surface area contributed by atoms with Gasteiger partial charge < -0.3 is 26.0 Å². The highest BCUT2D eigenvalue weighted by molar-refractivity contribution is 5.99. The van der Waals surface area contributed by atoms with E-state index in [1.54, 1.807) is 18.3 Å². The molecule has 0 aliphatic carbocycles. The standard InChI is InChI=1S/C19H23N7O2/c1-12(23-13(2)27)24-19-17(18(21)26-7-9-28-10-8-26)25-16(11-22-19)14-3-5-15(20)6-4-14/h3-6,11,21H,1,7-10,20H2,2H3,(H,22,24)(H,23,27). The van der Waals surface area contributed by atoms with Gasteiger partial charge >= 0.3 is 0 Å². The number of nitrogens with zero attached hydrogens (tertiary/aromatic N) is 3. The molecule has 1 aliphatic heterocycles. The third-order valence-corrected chi connectivity index (χ3v) is 4.13. The number of hydrogen-bond acceptors (Lipinski definition) is 7. The van der Waals surface area contributed by atoms with Crippen LogP contribution in [0.2, 0.25) is 0 Å². The number of carbonyl (C=O) groups excluding carboxylic acids is 1. The van der Waals surface area contributed by atoms with Gasteiger partial charge in [-0.05, 0) is 12.1 Å². The van der Waals surface area contributed by atoms with Gasteiger partial charge in [0.2, 0.25) is 5.91 Å². The van der Waals surface area contributed by atoms with Crippen LogP contribution in [0.25, 0.3) is 11.3 Å². The number of amidine groups is 1. The molecule has 1 aliphatic rings. The molecule has 2 aromatic rings. The van der Waals surface area contributed by atoms with Crippen LogP contribution in [0.3, 0.4) is 0 Å². The lowest BCUT2D eigenvalue weighted by Gasteiger charge is -2.29. The molecule has 28 heavy (non-hydrogen) atoms. The fourth-order valence-electron chi connectivity index (χ4n) is 2.76. The fourth-order valence-corrected chi connectivity index (χ4v) is 2.76. The molecule has 1 saturated heterocycles. The first kappa shape index (κ1) is 19.3. The highest BCUT2D eigenvalue weighted by Crippen LogP contribution is 2.22. The Kier molecular flexibility index (Phi) is 5.85. The monoisotopic (exact) mass is 381 g/mol. The number of amides is 1. The first-order chi connectivity index (χ1) is 13.4. The van der Waals surface area contributed by atoms with Gasteiger partial charge in [-0.25, -0.2) is 9.97 Å². The Morgan fingerprint density at radius 2 is 1.96 bits per heavy atom. The molecule has 9 heteroatoms. The van der Waals surface area contributed by atoms with Crippen molar-refractivity contribution in [3.8, 4) is 11.3 Å². The fraction of sp³-hybridized carbons (Fsp3) is 0.263. The second kappa shape index (κ2) is 8.49. The van der Waals surface area contributed by atoms with E-state index in [0.29, 0.717) is 49.2 Å². The minimum absolute atomic E-state index is 0.228. The number of nitrogens with one attached hydrogen (secondary N) is 3. The lowest BCUT2D eigenvalue weighted by Crippen LogP contribution is -2.41. The summed E-state index contributed by atoms with van der Waals surface area (Å²) in [4.78, 5) is 22.2. The van der Waals surface area contributed by atoms with Gasteiger partial charge in [-0.1, -0.05) is 18.7 Å². The molecule has 1 fully saturated rings. The Hall–Kier alpha value is -3.46. The number of nitrogens with two attached hydrogens (primary N) is 1. The van der Waals surface area contributed by atoms with Crippen LogP contribution in [0.4, 0.5) is 11.5 Å². The van der Waals surface area contributed by atoms with E-state index in [0.717, 1.165) is 5.56 Å². The van der Waals surface area contributed by atoms with Crippen LogP contribution < -0.4 is 16.4 Å². The van der Waals surface area contributed by atoms with E-state index in [4.69, 9.17) is 15.9 Å². The maximum atomic E-state index is 11.3. The Balaban J connectivity index is 1.95. The van der Waals surface area contributed by atoms with E-state index in [-0.39, 0.29) is 17.6 Å². The van der Waals surface area contributed by atoms with Crippen LogP contribution in [0, 0.1) is 5.41 Å². The summed E-state index contributed by atoms with van der Waals surface area (Å²) >= 11 is 0. The summed E-state index contributed by atoms with van der Waals surface area (Å²) < 4.78 is 5.37. The summed E-state index contributed by atoms with van der Waals surface area (Å²) in [6.45, 7) is 7.45. The van der Waals surface area contributed by atoms with Crippen molar-refractivity contribution in [1.82, 2.24) is 20.2 Å². The van der Waals surface area contributed by atoms with Gasteiger partial charge in [0.05, 0.1) is 25.1 Å². The third kappa shape index (κ3) is 4.63. The van der Waals surface area contributed by atoms with Crippen LogP contribution in [0.15, 0.2) is 42.9 Å². The van der Waals surface area contributed by atoms with Gasteiger partial charge in [0.1, 0.15) is 11.5 Å². The molecular formula is C19H23N7O2. The largest absolute Gasteiger partial charge is 0.399 e. The molecular weight excluding hydrogens is 358 g/mol. The number of aromatic nitrogens is 2. The number of ether oxygens (including phenoxy) is 1. The van der Waals surface area contributed by atoms with Gasteiger partial charge in [-0.2, -0.15) is 0 Å². The molecule has 2 heterocycles. The van der Waals surface area contributed by atoms with Crippen molar-refractivity contribution in [2.45, 2.75) is 6.92 Å². The predicted octanol–water partition coefficient (Wildman–Crippen LogP) is 1.40. The predicted molar refractivity (Wildman–Crippen MR) is 108 cm³/mol. The molecule has 9 nitrogen and oxygen atoms in total. The molecule has 0 atom stereocenters. The molecule has 146 valence electrons. The van der Waals surface area contributed by atoms with Gasteiger partial charge in [0.15, 0.2) is 11.7 Å². The topological polar surface area (TPSA) is 129 Å². The van der Waals surface area contributed by atoms with E-state index in [1.807, 2.05) is 17.0 Å². The van der Waals surface area contributed by atoms with Crippen LogP contribution in [-0.2, 0) is 9.53 Å². The molecule has 1 aromatic carbocycles. The number of hydrogen-bond donors (Lipinski definition) is 4. The van der Waals surface area contributed by atoms with Crippen LogP contribution in [-0.4, -0.2) is 52.9 Å². The van der Waals surface area contributed by atoms with Crippen molar-refractivity contribution in [2.24, 2.45) is 0 Å². The van der Waals surface area contributed by atoms with Gasteiger partial charge in [-0.3, -0.25) is 10.2 Å². The molecule has 0 spiro atoms. The number of anilines is 2. The lowest BCUT2D eigenvalue weighted by molar-refractivity contribution is -0.118. The van der Waals surface area contributed by atoms with Gasteiger partial charge in [-0.15, -0.1) is 0 Å². The summed E-state index contributed by atoms with van der Waals surface area (Å²) in [5.74, 6) is 0.576. The number of nitrogen functional groups attached to an aromatic ring is 1. The molecule has 0 bridgehead atoms. The molecule has 0 saturated carbocycles. The van der Waals surface area contributed by atoms with Crippen LogP contribution in [0.1, 0.15) is 12.6 Å². The van der Waals surface area contributed by atoms with Crippen LogP contribution in [0.5, 0.6) is 0 Å². The first-order valence-electron chi connectivity index (χ1n) is 8.82. The molecule has 3 rings (SSSR count).